The van der Waals surface area contributed by atoms with Crippen molar-refractivity contribution in [2.24, 2.45) is 0 Å². The number of carbonyl (C=O) groups excluding carboxylic acids is 2. The number of nitrogens with zero attached hydrogens (tertiary/aromatic N) is 4. The maximum Gasteiger partial charge on any atom is 0.252 e. The molecular formula is C14H15N5O2. The summed E-state index contributed by atoms with van der Waals surface area (Å²) in [6.07, 6.45) is 3.28. The number of likely N-dealkylation sites (tertiary alicyclic amines) is 1. The molecule has 0 saturated carbocycles. The molecule has 108 valence electrons. The zero-order chi connectivity index (χ0) is 14.8. The van der Waals surface area contributed by atoms with Crippen LogP contribution in [0.2, 0.25) is 0 Å². The third-order valence-corrected chi connectivity index (χ3v) is 3.45. The number of nitrogens with one attached hydrogen (secondary N) is 1. The summed E-state index contributed by atoms with van der Waals surface area (Å²) >= 11 is 0. The molecule has 2 aromatic rings. The van der Waals surface area contributed by atoms with E-state index in [-0.39, 0.29) is 18.2 Å². The number of benzene rings is 1. The molecule has 1 unspecified atom stereocenters. The first-order chi connectivity index (χ1) is 10.2. The van der Waals surface area contributed by atoms with Crippen molar-refractivity contribution in [1.82, 2.24) is 19.7 Å². The fourth-order valence-corrected chi connectivity index (χ4v) is 2.38. The van der Waals surface area contributed by atoms with Crippen molar-refractivity contribution in [3.8, 4) is 5.69 Å². The van der Waals surface area contributed by atoms with Crippen molar-refractivity contribution in [3.63, 3.8) is 0 Å². The first-order valence-electron chi connectivity index (χ1n) is 6.75. The molecule has 2 heterocycles. The molecule has 1 N–H and O–H groups in total. The highest BCUT2D eigenvalue weighted by Crippen LogP contribution is 2.19. The Bertz CT molecular complexity index is 651. The van der Waals surface area contributed by atoms with Gasteiger partial charge in [-0.3, -0.25) is 14.5 Å². The maximum atomic E-state index is 12.0. The summed E-state index contributed by atoms with van der Waals surface area (Å²) in [5.41, 5.74) is 1.67. The Balaban J connectivity index is 1.71. The van der Waals surface area contributed by atoms with Gasteiger partial charge in [-0.15, -0.1) is 0 Å². The van der Waals surface area contributed by atoms with Crippen LogP contribution < -0.4 is 5.32 Å². The lowest BCUT2D eigenvalue weighted by molar-refractivity contribution is -0.138. The number of aromatic nitrogens is 3. The lowest BCUT2D eigenvalue weighted by Gasteiger charge is -2.14. The Hall–Kier alpha value is -2.70. The van der Waals surface area contributed by atoms with Gasteiger partial charge in [0.15, 0.2) is 0 Å². The zero-order valence-electron chi connectivity index (χ0n) is 11.6. The first kappa shape index (κ1) is 13.3. The third-order valence-electron chi connectivity index (χ3n) is 3.45. The molecule has 1 atom stereocenters. The molecule has 1 fully saturated rings. The van der Waals surface area contributed by atoms with Gasteiger partial charge in [-0.2, -0.15) is 5.10 Å². The van der Waals surface area contributed by atoms with Crippen molar-refractivity contribution in [3.05, 3.63) is 36.9 Å². The van der Waals surface area contributed by atoms with Crippen LogP contribution in [-0.4, -0.2) is 44.1 Å². The average molecular weight is 285 g/mol. The van der Waals surface area contributed by atoms with E-state index in [0.717, 1.165) is 11.4 Å². The predicted molar refractivity (Wildman–Crippen MR) is 75.8 cm³/mol. The summed E-state index contributed by atoms with van der Waals surface area (Å²) in [5.74, 6) is -0.290. The van der Waals surface area contributed by atoms with Crippen LogP contribution in [0, 0.1) is 0 Å². The zero-order valence-corrected chi connectivity index (χ0v) is 11.6. The number of rotatable bonds is 4. The number of hydrogen-bond acceptors (Lipinski definition) is 5. The number of imide groups is 1. The molecule has 0 bridgehead atoms. The quantitative estimate of drug-likeness (QED) is 0.841. The van der Waals surface area contributed by atoms with Gasteiger partial charge in [-0.25, -0.2) is 9.67 Å². The van der Waals surface area contributed by atoms with Crippen LogP contribution in [0.25, 0.3) is 5.69 Å². The second kappa shape index (κ2) is 5.35. The van der Waals surface area contributed by atoms with Crippen LogP contribution >= 0.6 is 0 Å². The van der Waals surface area contributed by atoms with Gasteiger partial charge in [0.05, 0.1) is 12.1 Å². The molecule has 2 amide bonds. The highest BCUT2D eigenvalue weighted by molar-refractivity contribution is 6.06. The number of anilines is 1. The van der Waals surface area contributed by atoms with E-state index in [4.69, 9.17) is 0 Å². The number of amides is 2. The van der Waals surface area contributed by atoms with Gasteiger partial charge in [0.25, 0.3) is 5.91 Å². The predicted octanol–water partition coefficient (Wildman–Crippen LogP) is 0.827. The van der Waals surface area contributed by atoms with Crippen LogP contribution in [-0.2, 0) is 9.59 Å². The fraction of sp³-hybridized carbons (Fsp3) is 0.286. The van der Waals surface area contributed by atoms with Crippen molar-refractivity contribution in [2.75, 3.05) is 11.9 Å². The van der Waals surface area contributed by atoms with E-state index in [2.05, 4.69) is 15.4 Å². The molecule has 3 rings (SSSR count). The summed E-state index contributed by atoms with van der Waals surface area (Å²) in [5, 5.41) is 7.14. The SMILES string of the molecule is CCN1C(=O)CC(Nc2ccc(-n3cncn3)cc2)C1=O. The third kappa shape index (κ3) is 2.49. The Morgan fingerprint density at radius 3 is 2.62 bits per heavy atom. The van der Waals surface area contributed by atoms with E-state index in [1.165, 1.54) is 11.2 Å². The fourth-order valence-electron chi connectivity index (χ4n) is 2.38. The van der Waals surface area contributed by atoms with Crippen LogP contribution in [0.15, 0.2) is 36.9 Å². The summed E-state index contributed by atoms with van der Waals surface area (Å²) in [6.45, 7) is 2.21. The molecule has 7 heteroatoms. The van der Waals surface area contributed by atoms with Crippen molar-refractivity contribution in [1.29, 1.82) is 0 Å². The van der Waals surface area contributed by atoms with Crippen LogP contribution in [0.1, 0.15) is 13.3 Å². The summed E-state index contributed by atoms with van der Waals surface area (Å²) in [4.78, 5) is 28.9. The number of carbonyl (C=O) groups is 2. The van der Waals surface area contributed by atoms with E-state index in [0.29, 0.717) is 6.54 Å². The highest BCUT2D eigenvalue weighted by Gasteiger charge is 2.37. The highest BCUT2D eigenvalue weighted by atomic mass is 16.2. The molecule has 7 nitrogen and oxygen atoms in total. The van der Waals surface area contributed by atoms with Gasteiger partial charge in [-0.05, 0) is 31.2 Å². The molecule has 0 spiro atoms. The molecule has 1 aromatic carbocycles. The smallest absolute Gasteiger partial charge is 0.252 e. The summed E-state index contributed by atoms with van der Waals surface area (Å²) in [6, 6.07) is 6.97. The Morgan fingerprint density at radius 2 is 2.05 bits per heavy atom. The lowest BCUT2D eigenvalue weighted by atomic mass is 10.2. The molecule has 0 aliphatic carbocycles. The van der Waals surface area contributed by atoms with Crippen LogP contribution in [0.3, 0.4) is 0 Å². The second-order valence-corrected chi connectivity index (χ2v) is 4.76. The summed E-state index contributed by atoms with van der Waals surface area (Å²) in [7, 11) is 0. The normalized spacial score (nSPS) is 18.3. The van der Waals surface area contributed by atoms with Gasteiger partial charge in [0.2, 0.25) is 5.91 Å². The average Bonchev–Trinajstić information content (AvgIpc) is 3.10. The minimum Gasteiger partial charge on any atom is -0.373 e. The molecule has 1 saturated heterocycles. The Morgan fingerprint density at radius 1 is 1.29 bits per heavy atom. The second-order valence-electron chi connectivity index (χ2n) is 4.76. The van der Waals surface area contributed by atoms with Gasteiger partial charge < -0.3 is 5.32 Å². The number of likely N-dealkylation sites (N-methyl/N-ethyl adjacent to an activating group) is 1. The Kier molecular flexibility index (Phi) is 3.39. The Labute approximate surface area is 121 Å². The van der Waals surface area contributed by atoms with E-state index < -0.39 is 6.04 Å². The van der Waals surface area contributed by atoms with E-state index in [9.17, 15) is 9.59 Å². The monoisotopic (exact) mass is 285 g/mol. The minimum atomic E-state index is -0.477. The van der Waals surface area contributed by atoms with Gasteiger partial charge in [0.1, 0.15) is 18.7 Å². The minimum absolute atomic E-state index is 0.126. The molecule has 1 aromatic heterocycles. The van der Waals surface area contributed by atoms with Crippen molar-refractivity contribution in [2.45, 2.75) is 19.4 Å². The van der Waals surface area contributed by atoms with Gasteiger partial charge >= 0.3 is 0 Å². The van der Waals surface area contributed by atoms with Gasteiger partial charge in [-0.1, -0.05) is 0 Å². The van der Waals surface area contributed by atoms with Crippen LogP contribution in [0.4, 0.5) is 5.69 Å². The number of hydrogen-bond donors (Lipinski definition) is 1. The lowest BCUT2D eigenvalue weighted by Crippen LogP contribution is -2.34. The van der Waals surface area contributed by atoms with E-state index in [1.54, 1.807) is 17.9 Å². The first-order valence-corrected chi connectivity index (χ1v) is 6.75. The molecule has 21 heavy (non-hydrogen) atoms. The largest absolute Gasteiger partial charge is 0.373 e. The van der Waals surface area contributed by atoms with E-state index >= 15 is 0 Å². The molecule has 1 aliphatic heterocycles. The van der Waals surface area contributed by atoms with Gasteiger partial charge in [0, 0.05) is 12.2 Å². The van der Waals surface area contributed by atoms with Crippen molar-refractivity contribution >= 4 is 17.5 Å². The standard InChI is InChI=1S/C14H15N5O2/c1-2-18-13(20)7-12(14(18)21)17-10-3-5-11(6-4-10)19-9-15-8-16-19/h3-6,8-9,12,17H,2,7H2,1H3. The molecule has 0 radical (unpaired) electrons. The molecule has 1 aliphatic rings. The van der Waals surface area contributed by atoms with Crippen molar-refractivity contribution < 1.29 is 9.59 Å². The molecular weight excluding hydrogens is 270 g/mol. The van der Waals surface area contributed by atoms with E-state index in [1.807, 2.05) is 24.3 Å². The topological polar surface area (TPSA) is 80.1 Å². The maximum absolute atomic E-state index is 12.0. The summed E-state index contributed by atoms with van der Waals surface area (Å²) < 4.78 is 1.65. The van der Waals surface area contributed by atoms with Crippen LogP contribution in [0.5, 0.6) is 0 Å².